The first-order chi connectivity index (χ1) is 10.7. The number of guanidine groups is 1. The van der Waals surface area contributed by atoms with Gasteiger partial charge in [-0.25, -0.2) is 4.98 Å². The van der Waals surface area contributed by atoms with E-state index < -0.39 is 0 Å². The molecule has 0 saturated carbocycles. The van der Waals surface area contributed by atoms with E-state index in [4.69, 9.17) is 5.26 Å². The lowest BCUT2D eigenvalue weighted by molar-refractivity contribution is 0.401. The summed E-state index contributed by atoms with van der Waals surface area (Å²) >= 11 is 3.49. The van der Waals surface area contributed by atoms with Crippen molar-refractivity contribution in [3.8, 4) is 6.19 Å². The second-order valence-electron chi connectivity index (χ2n) is 4.66. The van der Waals surface area contributed by atoms with Gasteiger partial charge in [-0.1, -0.05) is 6.08 Å². The van der Waals surface area contributed by atoms with Gasteiger partial charge >= 0.3 is 0 Å². The van der Waals surface area contributed by atoms with Crippen LogP contribution in [0.2, 0.25) is 0 Å². The molecule has 2 N–H and O–H groups in total. The van der Waals surface area contributed by atoms with Crippen LogP contribution in [0.3, 0.4) is 0 Å². The number of thiazole rings is 1. The van der Waals surface area contributed by atoms with Gasteiger partial charge in [0.25, 0.3) is 0 Å². The lowest BCUT2D eigenvalue weighted by atomic mass is 10.5. The molecule has 0 amide bonds. The van der Waals surface area contributed by atoms with Gasteiger partial charge in [0.1, 0.15) is 5.01 Å². The summed E-state index contributed by atoms with van der Waals surface area (Å²) in [7, 11) is 4.09. The lowest BCUT2D eigenvalue weighted by Crippen LogP contribution is -2.34. The van der Waals surface area contributed by atoms with E-state index >= 15 is 0 Å². The van der Waals surface area contributed by atoms with Crippen molar-refractivity contribution in [2.24, 2.45) is 4.99 Å². The molecule has 120 valence electrons. The number of nitrogens with one attached hydrogen (secondary N) is 2. The Labute approximate surface area is 140 Å². The molecule has 22 heavy (non-hydrogen) atoms. The van der Waals surface area contributed by atoms with Crippen LogP contribution in [0.15, 0.2) is 23.0 Å². The normalized spacial score (nSPS) is 11.3. The number of aromatic nitrogens is 1. The quantitative estimate of drug-likeness (QED) is 0.178. The van der Waals surface area contributed by atoms with Crippen molar-refractivity contribution in [3.05, 3.63) is 28.7 Å². The molecular formula is C14H22N6S2. The summed E-state index contributed by atoms with van der Waals surface area (Å²) in [6.45, 7) is 5.73. The summed E-state index contributed by atoms with van der Waals surface area (Å²) in [6, 6.07) is 0. The molecule has 0 unspecified atom stereocenters. The highest BCUT2D eigenvalue weighted by Gasteiger charge is 2.03. The summed E-state index contributed by atoms with van der Waals surface area (Å²) in [6.07, 6.45) is 3.58. The molecular weight excluding hydrogens is 316 g/mol. The van der Waals surface area contributed by atoms with Crippen LogP contribution in [0, 0.1) is 11.5 Å². The average molecular weight is 339 g/mol. The number of thioether (sulfide) groups is 1. The molecule has 0 fully saturated rings. The van der Waals surface area contributed by atoms with Gasteiger partial charge in [0.2, 0.25) is 5.96 Å². The molecule has 0 atom stereocenters. The Bertz CT molecular complexity index is 518. The minimum atomic E-state index is 0.491. The van der Waals surface area contributed by atoms with Crippen LogP contribution >= 0.6 is 23.1 Å². The van der Waals surface area contributed by atoms with E-state index in [2.05, 4.69) is 37.5 Å². The molecule has 1 heterocycles. The number of rotatable bonds is 9. The molecule has 0 aliphatic carbocycles. The Kier molecular flexibility index (Phi) is 9.30. The third kappa shape index (κ3) is 8.02. The molecule has 0 bridgehead atoms. The van der Waals surface area contributed by atoms with Crippen LogP contribution in [0.4, 0.5) is 0 Å². The summed E-state index contributed by atoms with van der Waals surface area (Å²) in [5.41, 5.74) is 1.12. The Balaban J connectivity index is 2.27. The molecule has 0 aromatic carbocycles. The zero-order valence-electron chi connectivity index (χ0n) is 13.0. The van der Waals surface area contributed by atoms with Crippen molar-refractivity contribution >= 4 is 29.1 Å². The van der Waals surface area contributed by atoms with E-state index in [1.165, 1.54) is 0 Å². The van der Waals surface area contributed by atoms with E-state index in [0.29, 0.717) is 19.0 Å². The maximum absolute atomic E-state index is 8.63. The van der Waals surface area contributed by atoms with E-state index in [9.17, 15) is 0 Å². The van der Waals surface area contributed by atoms with E-state index in [0.717, 1.165) is 28.8 Å². The molecule has 1 rings (SSSR count). The number of hydrogen-bond donors (Lipinski definition) is 2. The summed E-state index contributed by atoms with van der Waals surface area (Å²) in [5.74, 6) is 2.26. The highest BCUT2D eigenvalue weighted by Crippen LogP contribution is 2.16. The molecule has 1 aromatic rings. The van der Waals surface area contributed by atoms with Crippen molar-refractivity contribution < 1.29 is 0 Å². The van der Waals surface area contributed by atoms with E-state index in [1.54, 1.807) is 29.2 Å². The van der Waals surface area contributed by atoms with E-state index in [-0.39, 0.29) is 0 Å². The molecule has 6 nitrogen and oxygen atoms in total. The minimum absolute atomic E-state index is 0.491. The van der Waals surface area contributed by atoms with Crippen molar-refractivity contribution in [2.45, 2.75) is 12.3 Å². The fraction of sp³-hybridized carbons (Fsp3) is 0.500. The van der Waals surface area contributed by atoms with Crippen LogP contribution in [0.5, 0.6) is 0 Å². The van der Waals surface area contributed by atoms with Crippen molar-refractivity contribution in [2.75, 3.05) is 32.9 Å². The Morgan fingerprint density at radius 1 is 1.64 bits per heavy atom. The van der Waals surface area contributed by atoms with Crippen LogP contribution in [0.25, 0.3) is 0 Å². The molecule has 0 saturated heterocycles. The molecule has 8 heteroatoms. The van der Waals surface area contributed by atoms with Crippen molar-refractivity contribution in [1.29, 1.82) is 5.26 Å². The van der Waals surface area contributed by atoms with Gasteiger partial charge in [-0.15, -0.1) is 17.9 Å². The third-order valence-electron chi connectivity index (χ3n) is 2.39. The molecule has 1 aromatic heterocycles. The molecule has 0 radical (unpaired) electrons. The van der Waals surface area contributed by atoms with Gasteiger partial charge in [0, 0.05) is 30.0 Å². The highest BCUT2D eigenvalue weighted by molar-refractivity contribution is 7.98. The van der Waals surface area contributed by atoms with Gasteiger partial charge in [-0.05, 0) is 14.1 Å². The third-order valence-corrected chi connectivity index (χ3v) is 4.25. The van der Waals surface area contributed by atoms with Crippen LogP contribution in [-0.4, -0.2) is 48.8 Å². The molecule has 0 aliphatic heterocycles. The minimum Gasteiger partial charge on any atom is -0.352 e. The largest absolute Gasteiger partial charge is 0.352 e. The number of aliphatic imine (C=N–C) groups is 1. The number of hydrogen-bond acceptors (Lipinski definition) is 6. The summed E-state index contributed by atoms with van der Waals surface area (Å²) in [5, 5.41) is 17.4. The fourth-order valence-corrected chi connectivity index (χ4v) is 3.26. The SMILES string of the molecule is C=CCNC(=NCCSCc1csc(CN(C)C)n1)NC#N. The van der Waals surface area contributed by atoms with Gasteiger partial charge < -0.3 is 10.2 Å². The van der Waals surface area contributed by atoms with Gasteiger partial charge in [0.05, 0.1) is 12.2 Å². The smallest absolute Gasteiger partial charge is 0.204 e. The number of nitriles is 1. The zero-order chi connectivity index (χ0) is 16.2. The maximum atomic E-state index is 8.63. The maximum Gasteiger partial charge on any atom is 0.204 e. The number of nitrogens with zero attached hydrogens (tertiary/aromatic N) is 4. The first-order valence-electron chi connectivity index (χ1n) is 6.85. The van der Waals surface area contributed by atoms with Crippen LogP contribution in [0.1, 0.15) is 10.7 Å². The molecule has 0 aliphatic rings. The summed E-state index contributed by atoms with van der Waals surface area (Å²) in [4.78, 5) is 11.0. The first-order valence-corrected chi connectivity index (χ1v) is 8.89. The Morgan fingerprint density at radius 2 is 2.45 bits per heavy atom. The lowest BCUT2D eigenvalue weighted by Gasteiger charge is -2.05. The second-order valence-corrected chi connectivity index (χ2v) is 6.71. The zero-order valence-corrected chi connectivity index (χ0v) is 14.6. The van der Waals surface area contributed by atoms with Gasteiger partial charge in [-0.3, -0.25) is 10.3 Å². The summed E-state index contributed by atoms with van der Waals surface area (Å²) < 4.78 is 0. The highest BCUT2D eigenvalue weighted by atomic mass is 32.2. The monoisotopic (exact) mass is 338 g/mol. The first kappa shape index (κ1) is 18.5. The fourth-order valence-electron chi connectivity index (χ4n) is 1.52. The Hall–Kier alpha value is -1.56. The van der Waals surface area contributed by atoms with Gasteiger partial charge in [-0.2, -0.15) is 17.0 Å². The van der Waals surface area contributed by atoms with Crippen LogP contribution < -0.4 is 10.6 Å². The second kappa shape index (κ2) is 11.1. The predicted octanol–water partition coefficient (Wildman–Crippen LogP) is 1.64. The van der Waals surface area contributed by atoms with Crippen molar-refractivity contribution in [3.63, 3.8) is 0 Å². The Morgan fingerprint density at radius 3 is 3.14 bits per heavy atom. The van der Waals surface area contributed by atoms with Crippen LogP contribution in [-0.2, 0) is 12.3 Å². The standard InChI is InChI=1S/C14H22N6S2/c1-4-5-16-14(18-11-15)17-6-7-21-9-12-10-22-13(19-12)8-20(2)3/h4,10H,1,5-9H2,2-3H3,(H2,16,17,18). The van der Waals surface area contributed by atoms with Gasteiger partial charge in [0.15, 0.2) is 6.19 Å². The van der Waals surface area contributed by atoms with Crippen molar-refractivity contribution in [1.82, 2.24) is 20.5 Å². The van der Waals surface area contributed by atoms with E-state index in [1.807, 2.05) is 20.3 Å². The topological polar surface area (TPSA) is 76.3 Å². The molecule has 0 spiro atoms. The predicted molar refractivity (Wildman–Crippen MR) is 94.9 cm³/mol. The average Bonchev–Trinajstić information content (AvgIpc) is 2.90.